The molecule has 0 aliphatic rings. The number of rotatable bonds is 4. The monoisotopic (exact) mass is 338 g/mol. The van der Waals surface area contributed by atoms with E-state index in [1.807, 2.05) is 30.3 Å². The van der Waals surface area contributed by atoms with Crippen LogP contribution in [0.2, 0.25) is 0 Å². The van der Waals surface area contributed by atoms with Crippen molar-refractivity contribution < 1.29 is 14.3 Å². The zero-order valence-corrected chi connectivity index (χ0v) is 14.0. The number of hydrogen-bond acceptors (Lipinski definition) is 5. The molecule has 3 rings (SSSR count). The molecule has 1 heterocycles. The number of nitrogens with two attached hydrogens (primary N) is 1. The number of hydrogen-bond donors (Lipinski definition) is 1. The van der Waals surface area contributed by atoms with Crippen LogP contribution < -0.4 is 15.9 Å². The molecule has 2 aromatic carbocycles. The van der Waals surface area contributed by atoms with Crippen LogP contribution in [-0.4, -0.2) is 24.8 Å². The van der Waals surface area contributed by atoms with E-state index in [2.05, 4.69) is 0 Å². The first-order chi connectivity index (χ1) is 12.1. The van der Waals surface area contributed by atoms with Gasteiger partial charge in [-0.1, -0.05) is 18.2 Å². The van der Waals surface area contributed by atoms with Crippen LogP contribution >= 0.6 is 0 Å². The average Bonchev–Trinajstić information content (AvgIpc) is 2.67. The summed E-state index contributed by atoms with van der Waals surface area (Å²) in [7, 11) is 2.82. The molecule has 3 aromatic rings. The van der Waals surface area contributed by atoms with E-state index in [4.69, 9.17) is 15.2 Å². The Morgan fingerprint density at radius 1 is 1.12 bits per heavy atom. The molecular formula is C19H18N2O4. The first-order valence-electron chi connectivity index (χ1n) is 7.71. The Morgan fingerprint density at radius 2 is 1.84 bits per heavy atom. The molecule has 0 amide bonds. The number of fused-ring (bicyclic) bond motifs is 1. The molecule has 0 spiro atoms. The Labute approximate surface area is 144 Å². The molecular weight excluding hydrogens is 320 g/mol. The molecule has 0 unspecified atom stereocenters. The maximum atomic E-state index is 12.8. The molecule has 25 heavy (non-hydrogen) atoms. The van der Waals surface area contributed by atoms with Gasteiger partial charge in [-0.2, -0.15) is 0 Å². The average molecular weight is 338 g/mol. The van der Waals surface area contributed by atoms with Gasteiger partial charge in [-0.15, -0.1) is 0 Å². The minimum Gasteiger partial charge on any atom is -0.497 e. The number of aromatic nitrogens is 1. The molecule has 6 nitrogen and oxygen atoms in total. The highest BCUT2D eigenvalue weighted by molar-refractivity contribution is 5.95. The maximum Gasteiger partial charge on any atom is 0.355 e. The molecule has 0 bridgehead atoms. The van der Waals surface area contributed by atoms with E-state index in [0.717, 1.165) is 5.69 Å². The van der Waals surface area contributed by atoms with Crippen molar-refractivity contribution >= 4 is 16.9 Å². The normalized spacial score (nSPS) is 10.7. The number of benzene rings is 2. The molecule has 0 atom stereocenters. The van der Waals surface area contributed by atoms with Crippen molar-refractivity contribution in [2.24, 2.45) is 5.73 Å². The van der Waals surface area contributed by atoms with Crippen molar-refractivity contribution in [3.8, 4) is 11.4 Å². The lowest BCUT2D eigenvalue weighted by molar-refractivity contribution is 0.0589. The Balaban J connectivity index is 2.56. The summed E-state index contributed by atoms with van der Waals surface area (Å²) in [5, 5.41) is 0.456. The van der Waals surface area contributed by atoms with E-state index >= 15 is 0 Å². The molecule has 6 heteroatoms. The Morgan fingerprint density at radius 3 is 2.44 bits per heavy atom. The summed E-state index contributed by atoms with van der Waals surface area (Å²) in [6, 6.07) is 14.4. The van der Waals surface area contributed by atoms with Gasteiger partial charge in [-0.3, -0.25) is 4.79 Å². The van der Waals surface area contributed by atoms with Crippen molar-refractivity contribution in [3.63, 3.8) is 0 Å². The standard InChI is InChI=1S/C19H18N2O4/c1-24-13-8-9-14-16(10-13)21(12-6-4-3-5-7-12)17(19(23)25-2)15(11-20)18(14)22/h3-10H,11,20H2,1-2H3. The number of ether oxygens (including phenoxy) is 2. The zero-order chi connectivity index (χ0) is 18.0. The van der Waals surface area contributed by atoms with E-state index < -0.39 is 5.97 Å². The summed E-state index contributed by atoms with van der Waals surface area (Å²) in [6.07, 6.45) is 0. The second-order valence-electron chi connectivity index (χ2n) is 5.41. The topological polar surface area (TPSA) is 83.6 Å². The molecule has 0 aliphatic heterocycles. The second kappa shape index (κ2) is 6.78. The highest BCUT2D eigenvalue weighted by Crippen LogP contribution is 2.25. The quantitative estimate of drug-likeness (QED) is 0.738. The summed E-state index contributed by atoms with van der Waals surface area (Å²) in [5.41, 5.74) is 7.12. The number of methoxy groups -OCH3 is 2. The number of para-hydroxylation sites is 1. The summed E-state index contributed by atoms with van der Waals surface area (Å²) in [5.74, 6) is -0.0426. The van der Waals surface area contributed by atoms with Gasteiger partial charge in [0.15, 0.2) is 5.43 Å². The highest BCUT2D eigenvalue weighted by atomic mass is 16.5. The SMILES string of the molecule is COC(=O)c1c(CN)c(=O)c2ccc(OC)cc2n1-c1ccccc1. The molecule has 0 saturated carbocycles. The van der Waals surface area contributed by atoms with Crippen LogP contribution in [0.4, 0.5) is 0 Å². The van der Waals surface area contributed by atoms with Crippen LogP contribution in [-0.2, 0) is 11.3 Å². The molecule has 1 aromatic heterocycles. The fraction of sp³-hybridized carbons (Fsp3) is 0.158. The Bertz CT molecular complexity index is 994. The maximum absolute atomic E-state index is 12.8. The highest BCUT2D eigenvalue weighted by Gasteiger charge is 2.23. The molecule has 0 fully saturated rings. The van der Waals surface area contributed by atoms with Gasteiger partial charge in [0.2, 0.25) is 0 Å². The van der Waals surface area contributed by atoms with Crippen molar-refractivity contribution in [1.82, 2.24) is 4.57 Å². The van der Waals surface area contributed by atoms with Crippen LogP contribution in [0.1, 0.15) is 16.1 Å². The summed E-state index contributed by atoms with van der Waals surface area (Å²) >= 11 is 0. The first-order valence-corrected chi connectivity index (χ1v) is 7.71. The fourth-order valence-electron chi connectivity index (χ4n) is 2.89. The lowest BCUT2D eigenvalue weighted by Gasteiger charge is -2.19. The lowest BCUT2D eigenvalue weighted by atomic mass is 10.1. The summed E-state index contributed by atoms with van der Waals surface area (Å²) in [4.78, 5) is 25.3. The van der Waals surface area contributed by atoms with E-state index in [1.165, 1.54) is 7.11 Å². The second-order valence-corrected chi connectivity index (χ2v) is 5.41. The fourth-order valence-corrected chi connectivity index (χ4v) is 2.89. The van der Waals surface area contributed by atoms with Crippen LogP contribution in [0.25, 0.3) is 16.6 Å². The third kappa shape index (κ3) is 2.77. The smallest absolute Gasteiger partial charge is 0.355 e. The summed E-state index contributed by atoms with van der Waals surface area (Å²) < 4.78 is 11.9. The van der Waals surface area contributed by atoms with Crippen molar-refractivity contribution in [1.29, 1.82) is 0 Å². The molecule has 128 valence electrons. The molecule has 0 radical (unpaired) electrons. The lowest BCUT2D eigenvalue weighted by Crippen LogP contribution is -2.26. The van der Waals surface area contributed by atoms with Gasteiger partial charge in [0, 0.05) is 29.2 Å². The molecule has 2 N–H and O–H groups in total. The van der Waals surface area contributed by atoms with Gasteiger partial charge in [0.25, 0.3) is 0 Å². The van der Waals surface area contributed by atoms with Gasteiger partial charge in [-0.05, 0) is 24.3 Å². The number of nitrogens with zero attached hydrogens (tertiary/aromatic N) is 1. The molecule has 0 saturated heterocycles. The predicted molar refractivity (Wildman–Crippen MR) is 95.3 cm³/mol. The van der Waals surface area contributed by atoms with Crippen LogP contribution in [0.3, 0.4) is 0 Å². The zero-order valence-electron chi connectivity index (χ0n) is 14.0. The van der Waals surface area contributed by atoms with Gasteiger partial charge in [-0.25, -0.2) is 4.79 Å². The number of pyridine rings is 1. The van der Waals surface area contributed by atoms with Crippen LogP contribution in [0.15, 0.2) is 53.3 Å². The minimum absolute atomic E-state index is 0.0714. The van der Waals surface area contributed by atoms with Crippen molar-refractivity contribution in [2.75, 3.05) is 14.2 Å². The minimum atomic E-state index is -0.619. The number of carbonyl (C=O) groups is 1. The van der Waals surface area contributed by atoms with Gasteiger partial charge in [0.1, 0.15) is 11.4 Å². The van der Waals surface area contributed by atoms with E-state index in [9.17, 15) is 9.59 Å². The third-order valence-corrected chi connectivity index (χ3v) is 4.07. The predicted octanol–water partition coefficient (Wildman–Crippen LogP) is 2.24. The largest absolute Gasteiger partial charge is 0.497 e. The van der Waals surface area contributed by atoms with Crippen molar-refractivity contribution in [3.05, 3.63) is 70.0 Å². The molecule has 0 aliphatic carbocycles. The Kier molecular flexibility index (Phi) is 4.54. The summed E-state index contributed by atoms with van der Waals surface area (Å²) in [6.45, 7) is -0.0714. The van der Waals surface area contributed by atoms with Gasteiger partial charge < -0.3 is 19.8 Å². The van der Waals surface area contributed by atoms with Crippen LogP contribution in [0.5, 0.6) is 5.75 Å². The number of esters is 1. The third-order valence-electron chi connectivity index (χ3n) is 4.07. The van der Waals surface area contributed by atoms with E-state index in [1.54, 1.807) is 29.9 Å². The van der Waals surface area contributed by atoms with E-state index in [0.29, 0.717) is 16.7 Å². The van der Waals surface area contributed by atoms with Gasteiger partial charge in [0.05, 0.1) is 19.7 Å². The Hall–Kier alpha value is -3.12. The first kappa shape index (κ1) is 16.7. The van der Waals surface area contributed by atoms with Gasteiger partial charge >= 0.3 is 5.97 Å². The van der Waals surface area contributed by atoms with Crippen LogP contribution in [0, 0.1) is 0 Å². The number of carbonyl (C=O) groups excluding carboxylic acids is 1. The van der Waals surface area contributed by atoms with Crippen molar-refractivity contribution in [2.45, 2.75) is 6.54 Å². The van der Waals surface area contributed by atoms with E-state index in [-0.39, 0.29) is 23.2 Å².